The first-order valence-electron chi connectivity index (χ1n) is 7.38. The van der Waals surface area contributed by atoms with Crippen LogP contribution in [0.5, 0.6) is 5.75 Å². The van der Waals surface area contributed by atoms with Crippen molar-refractivity contribution in [2.75, 3.05) is 29.5 Å². The average molecular weight is 383 g/mol. The van der Waals surface area contributed by atoms with E-state index in [1.165, 1.54) is 19.2 Å². The van der Waals surface area contributed by atoms with Crippen LogP contribution in [0.2, 0.25) is 5.02 Å². The molecular weight excluding hydrogens is 364 g/mol. The number of hydrogen-bond donors (Lipinski definition) is 1. The van der Waals surface area contributed by atoms with Gasteiger partial charge in [-0.05, 0) is 37.3 Å². The fraction of sp³-hybridized carbons (Fsp3) is 0.235. The quantitative estimate of drug-likeness (QED) is 0.833. The number of sulfonamides is 1. The smallest absolute Gasteiger partial charge is 0.245 e. The highest BCUT2D eigenvalue weighted by Gasteiger charge is 2.22. The van der Waals surface area contributed by atoms with Crippen molar-refractivity contribution in [3.63, 3.8) is 0 Å². The van der Waals surface area contributed by atoms with Crippen molar-refractivity contribution in [1.29, 1.82) is 0 Å². The van der Waals surface area contributed by atoms with Gasteiger partial charge in [0.15, 0.2) is 0 Å². The van der Waals surface area contributed by atoms with Gasteiger partial charge in [0, 0.05) is 5.69 Å². The van der Waals surface area contributed by atoms with E-state index in [4.69, 9.17) is 16.3 Å². The number of nitrogens with zero attached hydrogens (tertiary/aromatic N) is 1. The lowest BCUT2D eigenvalue weighted by Crippen LogP contribution is -2.37. The highest BCUT2D eigenvalue weighted by Crippen LogP contribution is 2.30. The monoisotopic (exact) mass is 382 g/mol. The van der Waals surface area contributed by atoms with Crippen LogP contribution in [0.3, 0.4) is 0 Å². The standard InChI is InChI=1S/C17H19ClN2O4S/c1-12-4-6-13(7-5-12)19-17(21)11-20(25(3,22)23)14-8-9-16(24-2)15(18)10-14/h4-10H,11H2,1-3H3,(H,19,21). The number of nitrogens with one attached hydrogen (secondary N) is 1. The summed E-state index contributed by atoms with van der Waals surface area (Å²) in [6.07, 6.45) is 1.03. The topological polar surface area (TPSA) is 75.7 Å². The van der Waals surface area contributed by atoms with E-state index in [-0.39, 0.29) is 17.3 Å². The zero-order valence-electron chi connectivity index (χ0n) is 14.1. The van der Waals surface area contributed by atoms with Crippen LogP contribution in [0.4, 0.5) is 11.4 Å². The highest BCUT2D eigenvalue weighted by atomic mass is 35.5. The Morgan fingerprint density at radius 3 is 2.36 bits per heavy atom. The van der Waals surface area contributed by atoms with E-state index in [1.807, 2.05) is 19.1 Å². The third-order valence-corrected chi connectivity index (χ3v) is 4.88. The fourth-order valence-corrected chi connectivity index (χ4v) is 3.28. The van der Waals surface area contributed by atoms with Gasteiger partial charge in [0.2, 0.25) is 15.9 Å². The number of halogens is 1. The molecule has 0 aliphatic rings. The third kappa shape index (κ3) is 5.11. The molecule has 0 radical (unpaired) electrons. The van der Waals surface area contributed by atoms with Crippen LogP contribution in [0.15, 0.2) is 42.5 Å². The molecular formula is C17H19ClN2O4S. The summed E-state index contributed by atoms with van der Waals surface area (Å²) in [4.78, 5) is 12.3. The summed E-state index contributed by atoms with van der Waals surface area (Å²) in [5.41, 5.74) is 1.94. The molecule has 2 rings (SSSR count). The predicted octanol–water partition coefficient (Wildman–Crippen LogP) is 3.06. The molecule has 0 aromatic heterocycles. The number of benzene rings is 2. The van der Waals surface area contributed by atoms with Gasteiger partial charge in [0.1, 0.15) is 12.3 Å². The number of carbonyl (C=O) groups excluding carboxylic acids is 1. The Morgan fingerprint density at radius 1 is 1.20 bits per heavy atom. The van der Waals surface area contributed by atoms with Crippen molar-refractivity contribution in [2.45, 2.75) is 6.92 Å². The highest BCUT2D eigenvalue weighted by molar-refractivity contribution is 7.92. The molecule has 0 fully saturated rings. The summed E-state index contributed by atoms with van der Waals surface area (Å²) in [6.45, 7) is 1.57. The molecule has 2 aromatic carbocycles. The van der Waals surface area contributed by atoms with E-state index >= 15 is 0 Å². The maximum atomic E-state index is 12.3. The molecule has 0 heterocycles. The van der Waals surface area contributed by atoms with Crippen molar-refractivity contribution < 1.29 is 17.9 Å². The van der Waals surface area contributed by atoms with Gasteiger partial charge in [-0.1, -0.05) is 29.3 Å². The molecule has 8 heteroatoms. The Hall–Kier alpha value is -2.25. The van der Waals surface area contributed by atoms with Gasteiger partial charge in [-0.3, -0.25) is 9.10 Å². The number of amides is 1. The second-order valence-electron chi connectivity index (χ2n) is 5.50. The van der Waals surface area contributed by atoms with Gasteiger partial charge in [-0.25, -0.2) is 8.42 Å². The molecule has 0 saturated heterocycles. The van der Waals surface area contributed by atoms with Crippen molar-refractivity contribution >= 4 is 38.9 Å². The Labute approximate surface area is 152 Å². The number of anilines is 2. The second-order valence-corrected chi connectivity index (χ2v) is 7.82. The number of rotatable bonds is 6. The van der Waals surface area contributed by atoms with Gasteiger partial charge in [0.25, 0.3) is 0 Å². The Kier molecular flexibility index (Phi) is 5.92. The summed E-state index contributed by atoms with van der Waals surface area (Å²) in [6, 6.07) is 11.7. The van der Waals surface area contributed by atoms with Crippen LogP contribution in [0.1, 0.15) is 5.56 Å². The third-order valence-electron chi connectivity index (χ3n) is 3.45. The Balaban J connectivity index is 2.22. The van der Waals surface area contributed by atoms with Gasteiger partial charge < -0.3 is 10.1 Å². The van der Waals surface area contributed by atoms with Crippen molar-refractivity contribution in [3.8, 4) is 5.75 Å². The minimum absolute atomic E-state index is 0.257. The maximum absolute atomic E-state index is 12.3. The zero-order chi connectivity index (χ0) is 18.6. The molecule has 0 atom stereocenters. The lowest BCUT2D eigenvalue weighted by molar-refractivity contribution is -0.114. The molecule has 0 unspecified atom stereocenters. The first-order chi connectivity index (χ1) is 11.7. The summed E-state index contributed by atoms with van der Waals surface area (Å²) < 4.78 is 30.2. The first kappa shape index (κ1) is 19.1. The van der Waals surface area contributed by atoms with Crippen LogP contribution < -0.4 is 14.4 Å². The van der Waals surface area contributed by atoms with Crippen molar-refractivity contribution in [3.05, 3.63) is 53.1 Å². The average Bonchev–Trinajstić information content (AvgIpc) is 2.53. The summed E-state index contributed by atoms with van der Waals surface area (Å²) in [5, 5.41) is 2.93. The molecule has 0 spiro atoms. The number of methoxy groups -OCH3 is 1. The van der Waals surface area contributed by atoms with Crippen LogP contribution >= 0.6 is 11.6 Å². The van der Waals surface area contributed by atoms with Crippen LogP contribution in [0, 0.1) is 6.92 Å². The normalized spacial score (nSPS) is 11.0. The van der Waals surface area contributed by atoms with Gasteiger partial charge >= 0.3 is 0 Å². The molecule has 0 saturated carbocycles. The Morgan fingerprint density at radius 2 is 1.84 bits per heavy atom. The number of aryl methyl sites for hydroxylation is 1. The van der Waals surface area contributed by atoms with Crippen LogP contribution in [-0.4, -0.2) is 34.2 Å². The number of carbonyl (C=O) groups is 1. The molecule has 0 aliphatic heterocycles. The fourth-order valence-electron chi connectivity index (χ4n) is 2.18. The number of ether oxygens (including phenoxy) is 1. The van der Waals surface area contributed by atoms with Gasteiger partial charge in [0.05, 0.1) is 24.1 Å². The lowest BCUT2D eigenvalue weighted by atomic mass is 10.2. The minimum Gasteiger partial charge on any atom is -0.495 e. The lowest BCUT2D eigenvalue weighted by Gasteiger charge is -2.22. The zero-order valence-corrected chi connectivity index (χ0v) is 15.7. The van der Waals surface area contributed by atoms with Gasteiger partial charge in [-0.2, -0.15) is 0 Å². The maximum Gasteiger partial charge on any atom is 0.245 e. The molecule has 1 amide bonds. The largest absolute Gasteiger partial charge is 0.495 e. The molecule has 134 valence electrons. The summed E-state index contributed by atoms with van der Waals surface area (Å²) in [7, 11) is -2.21. The molecule has 25 heavy (non-hydrogen) atoms. The second kappa shape index (κ2) is 7.76. The van der Waals surface area contributed by atoms with Crippen LogP contribution in [-0.2, 0) is 14.8 Å². The molecule has 0 aliphatic carbocycles. The van der Waals surface area contributed by atoms with E-state index < -0.39 is 15.9 Å². The van der Waals surface area contributed by atoms with E-state index in [0.29, 0.717) is 11.4 Å². The van der Waals surface area contributed by atoms with Crippen LogP contribution in [0.25, 0.3) is 0 Å². The SMILES string of the molecule is COc1ccc(N(CC(=O)Nc2ccc(C)cc2)S(C)(=O)=O)cc1Cl. The number of hydrogen-bond acceptors (Lipinski definition) is 4. The van der Waals surface area contributed by atoms with Crippen molar-refractivity contribution in [2.24, 2.45) is 0 Å². The predicted molar refractivity (Wildman–Crippen MR) is 100 cm³/mol. The molecule has 6 nitrogen and oxygen atoms in total. The van der Waals surface area contributed by atoms with E-state index in [0.717, 1.165) is 16.1 Å². The van der Waals surface area contributed by atoms with E-state index in [2.05, 4.69) is 5.32 Å². The summed E-state index contributed by atoms with van der Waals surface area (Å²) in [5.74, 6) is -0.0378. The molecule has 2 aromatic rings. The molecule has 1 N–H and O–H groups in total. The summed E-state index contributed by atoms with van der Waals surface area (Å²) >= 11 is 6.06. The van der Waals surface area contributed by atoms with E-state index in [9.17, 15) is 13.2 Å². The first-order valence-corrected chi connectivity index (χ1v) is 9.61. The van der Waals surface area contributed by atoms with E-state index in [1.54, 1.807) is 18.2 Å². The minimum atomic E-state index is -3.68. The molecule has 0 bridgehead atoms. The van der Waals surface area contributed by atoms with Gasteiger partial charge in [-0.15, -0.1) is 0 Å². The Bertz CT molecular complexity index is 867. The van der Waals surface area contributed by atoms with Crippen molar-refractivity contribution in [1.82, 2.24) is 0 Å².